The Labute approximate surface area is 189 Å². The van der Waals surface area contributed by atoms with Gasteiger partial charge in [0.25, 0.3) is 5.91 Å². The van der Waals surface area contributed by atoms with Gasteiger partial charge in [0.2, 0.25) is 0 Å². The molecule has 166 valence electrons. The highest BCUT2D eigenvalue weighted by Crippen LogP contribution is 2.28. The molecular weight excluding hydrogens is 414 g/mol. The van der Waals surface area contributed by atoms with E-state index >= 15 is 0 Å². The number of methoxy groups -OCH3 is 2. The van der Waals surface area contributed by atoms with Crippen molar-refractivity contribution < 1.29 is 14.3 Å². The third-order valence-corrected chi connectivity index (χ3v) is 5.95. The molecule has 2 N–H and O–H groups in total. The first-order valence-electron chi connectivity index (χ1n) is 10.5. The Hall–Kier alpha value is -2.70. The van der Waals surface area contributed by atoms with Crippen LogP contribution in [0.5, 0.6) is 11.5 Å². The van der Waals surface area contributed by atoms with Crippen LogP contribution in [0.1, 0.15) is 28.8 Å². The zero-order valence-corrected chi connectivity index (χ0v) is 18.8. The predicted molar refractivity (Wildman–Crippen MR) is 126 cm³/mol. The fourth-order valence-corrected chi connectivity index (χ4v) is 4.25. The maximum absolute atomic E-state index is 12.9. The normalized spacial score (nSPS) is 14.8. The van der Waals surface area contributed by atoms with Crippen LogP contribution in [-0.4, -0.2) is 55.7 Å². The van der Waals surface area contributed by atoms with Crippen LogP contribution in [0.2, 0.25) is 0 Å². The number of hydrogen-bond donors (Lipinski definition) is 2. The molecule has 2 aromatic carbocycles. The van der Waals surface area contributed by atoms with Crippen LogP contribution in [0, 0.1) is 0 Å². The summed E-state index contributed by atoms with van der Waals surface area (Å²) in [4.78, 5) is 18.7. The van der Waals surface area contributed by atoms with E-state index < -0.39 is 0 Å². The molecule has 6 nitrogen and oxygen atoms in total. The molecule has 1 amide bonds. The first-order valence-corrected chi connectivity index (χ1v) is 10.5. The number of piperidine rings is 1. The van der Waals surface area contributed by atoms with Gasteiger partial charge in [-0.25, -0.2) is 0 Å². The van der Waals surface area contributed by atoms with Crippen LogP contribution in [0.15, 0.2) is 48.7 Å². The number of carbonyl (C=O) groups excluding carboxylic acids is 1. The summed E-state index contributed by atoms with van der Waals surface area (Å²) < 4.78 is 10.7. The molecule has 2 heterocycles. The highest BCUT2D eigenvalue weighted by molar-refractivity contribution is 5.99. The van der Waals surface area contributed by atoms with E-state index in [4.69, 9.17) is 9.47 Å². The van der Waals surface area contributed by atoms with E-state index in [1.54, 1.807) is 26.4 Å². The molecule has 1 aliphatic heterocycles. The average Bonchev–Trinajstić information content (AvgIpc) is 3.21. The number of benzene rings is 2. The number of H-pyrrole nitrogens is 1. The van der Waals surface area contributed by atoms with Crippen LogP contribution in [-0.2, 0) is 6.42 Å². The molecule has 3 aromatic rings. The summed E-state index contributed by atoms with van der Waals surface area (Å²) in [7, 11) is 3.13. The number of nitrogens with zero attached hydrogens (tertiary/aromatic N) is 1. The molecular formula is C24H30ClN3O3. The van der Waals surface area contributed by atoms with Crippen molar-refractivity contribution in [3.63, 3.8) is 0 Å². The quantitative estimate of drug-likeness (QED) is 0.578. The smallest absolute Gasteiger partial charge is 0.259 e. The van der Waals surface area contributed by atoms with Gasteiger partial charge in [0.1, 0.15) is 17.1 Å². The highest BCUT2D eigenvalue weighted by atomic mass is 35.5. The number of aromatic amines is 1. The number of halogens is 1. The lowest BCUT2D eigenvalue weighted by Gasteiger charge is -2.32. The van der Waals surface area contributed by atoms with Crippen molar-refractivity contribution in [2.75, 3.05) is 33.9 Å². The number of rotatable bonds is 7. The van der Waals surface area contributed by atoms with E-state index in [0.717, 1.165) is 38.9 Å². The molecule has 31 heavy (non-hydrogen) atoms. The first-order chi connectivity index (χ1) is 14.7. The van der Waals surface area contributed by atoms with E-state index in [0.29, 0.717) is 17.1 Å². The Balaban J connectivity index is 0.00000272. The minimum absolute atomic E-state index is 0. The van der Waals surface area contributed by atoms with Gasteiger partial charge in [0.15, 0.2) is 0 Å². The number of carbonyl (C=O) groups is 1. The van der Waals surface area contributed by atoms with Crippen LogP contribution < -0.4 is 14.8 Å². The molecule has 0 atom stereocenters. The fourth-order valence-electron chi connectivity index (χ4n) is 4.25. The average molecular weight is 444 g/mol. The summed E-state index contributed by atoms with van der Waals surface area (Å²) in [5.74, 6) is 0.924. The monoisotopic (exact) mass is 443 g/mol. The Morgan fingerprint density at radius 3 is 2.42 bits per heavy atom. The van der Waals surface area contributed by atoms with E-state index in [2.05, 4.69) is 45.7 Å². The largest absolute Gasteiger partial charge is 0.496 e. The van der Waals surface area contributed by atoms with E-state index in [1.165, 1.54) is 16.5 Å². The number of likely N-dealkylation sites (tertiary alicyclic amines) is 1. The van der Waals surface area contributed by atoms with Crippen LogP contribution in [0.3, 0.4) is 0 Å². The van der Waals surface area contributed by atoms with Gasteiger partial charge >= 0.3 is 0 Å². The van der Waals surface area contributed by atoms with Crippen molar-refractivity contribution >= 4 is 29.2 Å². The van der Waals surface area contributed by atoms with Gasteiger partial charge in [-0.2, -0.15) is 0 Å². The lowest BCUT2D eigenvalue weighted by molar-refractivity contribution is 0.0905. The zero-order chi connectivity index (χ0) is 20.9. The molecule has 1 aromatic heterocycles. The minimum Gasteiger partial charge on any atom is -0.496 e. The summed E-state index contributed by atoms with van der Waals surface area (Å²) in [6.45, 7) is 3.00. The summed E-state index contributed by atoms with van der Waals surface area (Å²) >= 11 is 0. The SMILES string of the molecule is COc1cccc(OC)c1C(=O)NC1CCN(CCc2c[nH]c3ccccc23)CC1.Cl. The first kappa shape index (κ1) is 23.0. The van der Waals surface area contributed by atoms with Crippen molar-refractivity contribution in [2.24, 2.45) is 0 Å². The standard InChI is InChI=1S/C24H29N3O3.ClH/c1-29-21-8-5-9-22(30-2)23(21)24(28)26-18-11-14-27(15-12-18)13-10-17-16-25-20-7-4-3-6-19(17)20;/h3-9,16,18,25H,10-15H2,1-2H3,(H,26,28);1H. The van der Waals surface area contributed by atoms with E-state index in [-0.39, 0.29) is 24.4 Å². The Morgan fingerprint density at radius 2 is 1.74 bits per heavy atom. The number of aromatic nitrogens is 1. The number of nitrogens with one attached hydrogen (secondary N) is 2. The molecule has 0 radical (unpaired) electrons. The van der Waals surface area contributed by atoms with Crippen molar-refractivity contribution in [3.05, 3.63) is 59.8 Å². The summed E-state index contributed by atoms with van der Waals surface area (Å²) in [6, 6.07) is 14.0. The molecule has 1 fully saturated rings. The second-order valence-corrected chi connectivity index (χ2v) is 7.74. The third-order valence-electron chi connectivity index (χ3n) is 5.95. The maximum atomic E-state index is 12.9. The zero-order valence-electron chi connectivity index (χ0n) is 18.0. The van der Waals surface area contributed by atoms with Crippen molar-refractivity contribution in [1.29, 1.82) is 0 Å². The van der Waals surface area contributed by atoms with Gasteiger partial charge in [0, 0.05) is 42.8 Å². The second-order valence-electron chi connectivity index (χ2n) is 7.74. The van der Waals surface area contributed by atoms with Gasteiger partial charge in [-0.05, 0) is 43.0 Å². The Morgan fingerprint density at radius 1 is 1.06 bits per heavy atom. The molecule has 1 aliphatic rings. The molecule has 0 aliphatic carbocycles. The van der Waals surface area contributed by atoms with Crippen molar-refractivity contribution in [2.45, 2.75) is 25.3 Å². The predicted octanol–water partition coefficient (Wildman–Crippen LogP) is 4.04. The summed E-state index contributed by atoms with van der Waals surface area (Å²) in [6.07, 6.45) is 5.03. The van der Waals surface area contributed by atoms with Gasteiger partial charge < -0.3 is 24.7 Å². The molecule has 4 rings (SSSR count). The number of hydrogen-bond acceptors (Lipinski definition) is 4. The van der Waals surface area contributed by atoms with Crippen LogP contribution in [0.4, 0.5) is 0 Å². The molecule has 1 saturated heterocycles. The van der Waals surface area contributed by atoms with Crippen LogP contribution in [0.25, 0.3) is 10.9 Å². The molecule has 7 heteroatoms. The lowest BCUT2D eigenvalue weighted by Crippen LogP contribution is -2.45. The molecule has 0 unspecified atom stereocenters. The second kappa shape index (κ2) is 10.6. The van der Waals surface area contributed by atoms with Crippen molar-refractivity contribution in [3.8, 4) is 11.5 Å². The number of para-hydroxylation sites is 1. The van der Waals surface area contributed by atoms with Crippen molar-refractivity contribution in [1.82, 2.24) is 15.2 Å². The third kappa shape index (κ3) is 5.14. The maximum Gasteiger partial charge on any atom is 0.259 e. The van der Waals surface area contributed by atoms with Gasteiger partial charge in [-0.1, -0.05) is 24.3 Å². The van der Waals surface area contributed by atoms with E-state index in [1.807, 2.05) is 6.07 Å². The minimum atomic E-state index is -0.137. The molecule has 0 bridgehead atoms. The summed E-state index contributed by atoms with van der Waals surface area (Å²) in [5, 5.41) is 4.48. The summed E-state index contributed by atoms with van der Waals surface area (Å²) in [5.41, 5.74) is 3.02. The number of amides is 1. The Kier molecular flexibility index (Phi) is 7.82. The van der Waals surface area contributed by atoms with Gasteiger partial charge in [0.05, 0.1) is 14.2 Å². The van der Waals surface area contributed by atoms with E-state index in [9.17, 15) is 4.79 Å². The Bertz CT molecular complexity index is 990. The van der Waals surface area contributed by atoms with Crippen LogP contribution >= 0.6 is 12.4 Å². The van der Waals surface area contributed by atoms with Gasteiger partial charge in [-0.15, -0.1) is 12.4 Å². The molecule has 0 saturated carbocycles. The topological polar surface area (TPSA) is 66.6 Å². The fraction of sp³-hybridized carbons (Fsp3) is 0.375. The van der Waals surface area contributed by atoms with Gasteiger partial charge in [-0.3, -0.25) is 4.79 Å². The number of fused-ring (bicyclic) bond motifs is 1. The highest BCUT2D eigenvalue weighted by Gasteiger charge is 2.24. The molecule has 0 spiro atoms. The lowest BCUT2D eigenvalue weighted by atomic mass is 10.0. The number of ether oxygens (including phenoxy) is 2.